The maximum Gasteiger partial charge on any atom is 0.0645 e. The number of likely N-dealkylation sites (N-methyl/N-ethyl adjacent to an activating group) is 1. The maximum absolute atomic E-state index is 8.83. The monoisotopic (exact) mass is 161 g/mol. The number of nitrogens with one attached hydrogen (secondary N) is 1. The fourth-order valence-electron chi connectivity index (χ4n) is 0.773. The molecule has 3 heteroatoms. The lowest BCUT2D eigenvalue weighted by molar-refractivity contribution is 0.0477. The van der Waals surface area contributed by atoms with Gasteiger partial charge in [0.05, 0.1) is 25.4 Å². The van der Waals surface area contributed by atoms with Gasteiger partial charge in [-0.25, -0.2) is 0 Å². The summed E-state index contributed by atoms with van der Waals surface area (Å²) in [5.41, 5.74) is 0. The lowest BCUT2D eigenvalue weighted by Gasteiger charge is -2.16. The summed E-state index contributed by atoms with van der Waals surface area (Å²) >= 11 is 0. The second kappa shape index (κ2) is 6.58. The van der Waals surface area contributed by atoms with Crippen LogP contribution >= 0.6 is 0 Å². The Kier molecular flexibility index (Phi) is 6.51. The van der Waals surface area contributed by atoms with E-state index in [9.17, 15) is 0 Å². The molecule has 0 fully saturated rings. The highest BCUT2D eigenvalue weighted by molar-refractivity contribution is 4.62. The second-order valence-corrected chi connectivity index (χ2v) is 2.82. The van der Waals surface area contributed by atoms with Gasteiger partial charge in [-0.15, -0.1) is 0 Å². The van der Waals surface area contributed by atoms with E-state index in [1.54, 1.807) is 0 Å². The number of ether oxygens (including phenoxy) is 1. The summed E-state index contributed by atoms with van der Waals surface area (Å²) in [5.74, 6) is 0. The SMILES string of the molecule is CCNC(CO)COC(C)C. The molecule has 0 bridgehead atoms. The first-order chi connectivity index (χ1) is 5.20. The van der Waals surface area contributed by atoms with Crippen LogP contribution in [0, 0.1) is 0 Å². The molecule has 3 nitrogen and oxygen atoms in total. The summed E-state index contributed by atoms with van der Waals surface area (Å²) in [4.78, 5) is 0. The quantitative estimate of drug-likeness (QED) is 0.592. The van der Waals surface area contributed by atoms with E-state index >= 15 is 0 Å². The van der Waals surface area contributed by atoms with Gasteiger partial charge in [-0.2, -0.15) is 0 Å². The van der Waals surface area contributed by atoms with Crippen molar-refractivity contribution in [1.29, 1.82) is 0 Å². The van der Waals surface area contributed by atoms with Crippen LogP contribution in [0.2, 0.25) is 0 Å². The minimum atomic E-state index is 0.0856. The normalized spacial score (nSPS) is 13.9. The topological polar surface area (TPSA) is 41.5 Å². The minimum Gasteiger partial charge on any atom is -0.395 e. The highest BCUT2D eigenvalue weighted by Gasteiger charge is 2.05. The molecule has 11 heavy (non-hydrogen) atoms. The lowest BCUT2D eigenvalue weighted by atomic mass is 10.3. The van der Waals surface area contributed by atoms with E-state index in [-0.39, 0.29) is 18.8 Å². The molecule has 0 aliphatic rings. The van der Waals surface area contributed by atoms with Crippen LogP contribution in [0.15, 0.2) is 0 Å². The van der Waals surface area contributed by atoms with Crippen molar-refractivity contribution >= 4 is 0 Å². The Hall–Kier alpha value is -0.120. The summed E-state index contributed by atoms with van der Waals surface area (Å²) in [7, 11) is 0. The van der Waals surface area contributed by atoms with E-state index in [1.807, 2.05) is 20.8 Å². The molecule has 2 N–H and O–H groups in total. The lowest BCUT2D eigenvalue weighted by Crippen LogP contribution is -2.37. The minimum absolute atomic E-state index is 0.0856. The summed E-state index contributed by atoms with van der Waals surface area (Å²) in [6.07, 6.45) is 0.239. The van der Waals surface area contributed by atoms with E-state index in [1.165, 1.54) is 0 Å². The standard InChI is InChI=1S/C8H19NO2/c1-4-9-8(5-10)6-11-7(2)3/h7-10H,4-6H2,1-3H3. The van der Waals surface area contributed by atoms with Crippen LogP contribution in [0.1, 0.15) is 20.8 Å². The Morgan fingerprint density at radius 1 is 1.45 bits per heavy atom. The van der Waals surface area contributed by atoms with Crippen molar-refractivity contribution in [3.8, 4) is 0 Å². The van der Waals surface area contributed by atoms with Crippen molar-refractivity contribution in [2.75, 3.05) is 19.8 Å². The van der Waals surface area contributed by atoms with Gasteiger partial charge in [-0.05, 0) is 20.4 Å². The highest BCUT2D eigenvalue weighted by atomic mass is 16.5. The zero-order valence-electron chi connectivity index (χ0n) is 7.63. The van der Waals surface area contributed by atoms with Crippen molar-refractivity contribution in [3.05, 3.63) is 0 Å². The molecule has 0 aromatic heterocycles. The van der Waals surface area contributed by atoms with E-state index in [0.717, 1.165) is 6.54 Å². The Labute approximate surface area is 68.8 Å². The van der Waals surface area contributed by atoms with Gasteiger partial charge in [0.15, 0.2) is 0 Å². The van der Waals surface area contributed by atoms with Crippen LogP contribution in [-0.2, 0) is 4.74 Å². The summed E-state index contributed by atoms with van der Waals surface area (Å²) in [6.45, 7) is 7.58. The van der Waals surface area contributed by atoms with Crippen molar-refractivity contribution in [2.24, 2.45) is 0 Å². The zero-order valence-corrected chi connectivity index (χ0v) is 7.63. The maximum atomic E-state index is 8.83. The van der Waals surface area contributed by atoms with Crippen molar-refractivity contribution in [3.63, 3.8) is 0 Å². The van der Waals surface area contributed by atoms with E-state index in [2.05, 4.69) is 5.32 Å². The molecule has 0 heterocycles. The highest BCUT2D eigenvalue weighted by Crippen LogP contribution is 1.90. The van der Waals surface area contributed by atoms with Gasteiger partial charge in [0, 0.05) is 0 Å². The molecule has 0 saturated heterocycles. The molecule has 0 radical (unpaired) electrons. The molecule has 68 valence electrons. The zero-order chi connectivity index (χ0) is 8.69. The van der Waals surface area contributed by atoms with Crippen LogP contribution in [0.3, 0.4) is 0 Å². The van der Waals surface area contributed by atoms with Crippen LogP contribution in [0.25, 0.3) is 0 Å². The molecule has 0 aliphatic heterocycles. The largest absolute Gasteiger partial charge is 0.395 e. The molecule has 0 rings (SSSR count). The van der Waals surface area contributed by atoms with Gasteiger partial charge in [-0.1, -0.05) is 6.92 Å². The molecular weight excluding hydrogens is 142 g/mol. The van der Waals surface area contributed by atoms with Crippen LogP contribution in [0.4, 0.5) is 0 Å². The van der Waals surface area contributed by atoms with E-state index in [4.69, 9.17) is 9.84 Å². The van der Waals surface area contributed by atoms with Gasteiger partial charge < -0.3 is 15.2 Å². The van der Waals surface area contributed by atoms with Gasteiger partial charge in [0.25, 0.3) is 0 Å². The van der Waals surface area contributed by atoms with Gasteiger partial charge in [0.2, 0.25) is 0 Å². The Bertz CT molecular complexity index is 86.2. The number of hydrogen-bond acceptors (Lipinski definition) is 3. The van der Waals surface area contributed by atoms with Crippen molar-refractivity contribution < 1.29 is 9.84 Å². The molecule has 0 aromatic rings. The molecular formula is C8H19NO2. The number of aliphatic hydroxyl groups is 1. The van der Waals surface area contributed by atoms with E-state index < -0.39 is 0 Å². The number of hydrogen-bond donors (Lipinski definition) is 2. The molecule has 0 saturated carbocycles. The molecule has 1 atom stereocenters. The third kappa shape index (κ3) is 6.28. The van der Waals surface area contributed by atoms with Gasteiger partial charge in [-0.3, -0.25) is 0 Å². The summed E-state index contributed by atoms with van der Waals surface area (Å²) in [5, 5.41) is 11.9. The predicted octanol–water partition coefficient (Wildman–Crippen LogP) is 0.382. The molecule has 0 aliphatic carbocycles. The summed E-state index contributed by atoms with van der Waals surface area (Å²) < 4.78 is 5.32. The van der Waals surface area contributed by atoms with E-state index in [0.29, 0.717) is 6.61 Å². The average molecular weight is 161 g/mol. The van der Waals surface area contributed by atoms with Crippen molar-refractivity contribution in [1.82, 2.24) is 5.32 Å². The third-order valence-electron chi connectivity index (χ3n) is 1.34. The number of rotatable bonds is 6. The fraction of sp³-hybridized carbons (Fsp3) is 1.00. The smallest absolute Gasteiger partial charge is 0.0645 e. The predicted molar refractivity (Wildman–Crippen MR) is 45.6 cm³/mol. The number of aliphatic hydroxyl groups excluding tert-OH is 1. The first-order valence-corrected chi connectivity index (χ1v) is 4.16. The molecule has 1 unspecified atom stereocenters. The molecule has 0 amide bonds. The van der Waals surface area contributed by atoms with Crippen LogP contribution < -0.4 is 5.32 Å². The third-order valence-corrected chi connectivity index (χ3v) is 1.34. The average Bonchev–Trinajstić information content (AvgIpc) is 1.97. The molecule has 0 spiro atoms. The van der Waals surface area contributed by atoms with Gasteiger partial charge in [0.1, 0.15) is 0 Å². The fourth-order valence-corrected chi connectivity index (χ4v) is 0.773. The first-order valence-electron chi connectivity index (χ1n) is 4.16. The van der Waals surface area contributed by atoms with Crippen molar-refractivity contribution in [2.45, 2.75) is 32.9 Å². The summed E-state index contributed by atoms with van der Waals surface area (Å²) in [6, 6.07) is 0.0856. The molecule has 0 aromatic carbocycles. The first kappa shape index (κ1) is 10.9. The Morgan fingerprint density at radius 2 is 2.09 bits per heavy atom. The Balaban J connectivity index is 3.35. The second-order valence-electron chi connectivity index (χ2n) is 2.82. The van der Waals surface area contributed by atoms with Gasteiger partial charge >= 0.3 is 0 Å². The van der Waals surface area contributed by atoms with Crippen LogP contribution in [-0.4, -0.2) is 37.0 Å². The Morgan fingerprint density at radius 3 is 2.45 bits per heavy atom. The van der Waals surface area contributed by atoms with Crippen LogP contribution in [0.5, 0.6) is 0 Å².